The van der Waals surface area contributed by atoms with Crippen LogP contribution >= 0.6 is 27.5 Å². The van der Waals surface area contributed by atoms with Gasteiger partial charge in [0.2, 0.25) is 0 Å². The number of rotatable bonds is 2. The van der Waals surface area contributed by atoms with Crippen LogP contribution in [0, 0.1) is 0 Å². The molecule has 1 heterocycles. The smallest absolute Gasteiger partial charge is 0.338 e. The molecule has 0 saturated carbocycles. The van der Waals surface area contributed by atoms with E-state index in [-0.39, 0.29) is 10.7 Å². The van der Waals surface area contributed by atoms with E-state index in [1.807, 2.05) is 0 Å². The Morgan fingerprint density at radius 3 is 2.85 bits per heavy atom. The lowest BCUT2D eigenvalue weighted by molar-refractivity contribution is 0.0697. The van der Waals surface area contributed by atoms with E-state index in [0.29, 0.717) is 10.3 Å². The van der Waals surface area contributed by atoms with Gasteiger partial charge >= 0.3 is 5.97 Å². The lowest BCUT2D eigenvalue weighted by atomic mass is 10.2. The number of aromatic nitrogens is 1. The Labute approximate surface area is 88.1 Å². The number of carboxylic acids is 1. The molecule has 0 bridgehead atoms. The fourth-order valence-corrected chi connectivity index (χ4v) is 1.69. The second-order valence-corrected chi connectivity index (χ2v) is 3.38. The van der Waals surface area contributed by atoms with Crippen LogP contribution < -0.4 is 5.32 Å². The van der Waals surface area contributed by atoms with Gasteiger partial charge in [0.05, 0.1) is 11.3 Å². The zero-order valence-electron chi connectivity index (χ0n) is 6.64. The first kappa shape index (κ1) is 10.3. The van der Waals surface area contributed by atoms with Crippen LogP contribution in [-0.4, -0.2) is 23.1 Å². The van der Waals surface area contributed by atoms with E-state index in [1.54, 1.807) is 7.05 Å². The highest BCUT2D eigenvalue weighted by atomic mass is 79.9. The molecular weight excluding hydrogens is 259 g/mol. The number of pyridine rings is 1. The van der Waals surface area contributed by atoms with E-state index in [1.165, 1.54) is 6.07 Å². The Balaban J connectivity index is 3.38. The summed E-state index contributed by atoms with van der Waals surface area (Å²) in [7, 11) is 1.59. The van der Waals surface area contributed by atoms with Crippen molar-refractivity contribution in [1.82, 2.24) is 4.98 Å². The first-order valence-corrected chi connectivity index (χ1v) is 4.50. The molecule has 0 amide bonds. The van der Waals surface area contributed by atoms with Crippen LogP contribution in [-0.2, 0) is 0 Å². The van der Waals surface area contributed by atoms with Crippen molar-refractivity contribution in [2.24, 2.45) is 0 Å². The summed E-state index contributed by atoms with van der Waals surface area (Å²) < 4.78 is 0.397. The Bertz CT molecular complexity index is 357. The SMILES string of the molecule is CNc1c(C(=O)O)cc(Br)nc1Cl. The Hall–Kier alpha value is -0.810. The summed E-state index contributed by atoms with van der Waals surface area (Å²) in [6, 6.07) is 1.39. The van der Waals surface area contributed by atoms with Crippen molar-refractivity contribution in [2.45, 2.75) is 0 Å². The van der Waals surface area contributed by atoms with Gasteiger partial charge in [-0.3, -0.25) is 0 Å². The van der Waals surface area contributed by atoms with Gasteiger partial charge in [0.25, 0.3) is 0 Å². The van der Waals surface area contributed by atoms with Gasteiger partial charge in [0.15, 0.2) is 5.15 Å². The monoisotopic (exact) mass is 264 g/mol. The van der Waals surface area contributed by atoms with E-state index in [9.17, 15) is 4.79 Å². The number of carbonyl (C=O) groups is 1. The zero-order chi connectivity index (χ0) is 10.0. The summed E-state index contributed by atoms with van der Waals surface area (Å²) >= 11 is 8.77. The quantitative estimate of drug-likeness (QED) is 0.805. The molecule has 0 radical (unpaired) electrons. The summed E-state index contributed by atoms with van der Waals surface area (Å²) in [6.45, 7) is 0. The number of nitrogens with zero attached hydrogens (tertiary/aromatic N) is 1. The van der Waals surface area contributed by atoms with E-state index in [2.05, 4.69) is 26.2 Å². The molecule has 70 valence electrons. The van der Waals surface area contributed by atoms with E-state index in [0.717, 1.165) is 0 Å². The molecule has 0 aromatic carbocycles. The third kappa shape index (κ3) is 2.10. The minimum absolute atomic E-state index is 0.0920. The van der Waals surface area contributed by atoms with Crippen LogP contribution in [0.3, 0.4) is 0 Å². The third-order valence-corrected chi connectivity index (χ3v) is 2.10. The van der Waals surface area contributed by atoms with Crippen molar-refractivity contribution in [3.63, 3.8) is 0 Å². The second-order valence-electron chi connectivity index (χ2n) is 2.21. The van der Waals surface area contributed by atoms with Crippen LogP contribution in [0.2, 0.25) is 5.15 Å². The summed E-state index contributed by atoms with van der Waals surface area (Å²) in [6.07, 6.45) is 0. The topological polar surface area (TPSA) is 62.2 Å². The molecule has 2 N–H and O–H groups in total. The molecule has 13 heavy (non-hydrogen) atoms. The maximum atomic E-state index is 10.7. The fourth-order valence-electron chi connectivity index (χ4n) is 0.891. The van der Waals surface area contributed by atoms with Crippen LogP contribution in [0.5, 0.6) is 0 Å². The highest BCUT2D eigenvalue weighted by Gasteiger charge is 2.14. The number of hydrogen-bond donors (Lipinski definition) is 2. The molecular formula is C7H6BrClN2O2. The van der Waals surface area contributed by atoms with E-state index < -0.39 is 5.97 Å². The number of aromatic carboxylic acids is 1. The molecule has 0 saturated heterocycles. The third-order valence-electron chi connectivity index (χ3n) is 1.42. The van der Waals surface area contributed by atoms with Gasteiger partial charge in [-0.25, -0.2) is 9.78 Å². The van der Waals surface area contributed by atoms with Gasteiger partial charge in [0.1, 0.15) is 4.60 Å². The maximum absolute atomic E-state index is 10.7. The summed E-state index contributed by atoms with van der Waals surface area (Å²) in [5.74, 6) is -1.05. The molecule has 0 aliphatic heterocycles. The molecule has 0 aliphatic carbocycles. The molecule has 1 aromatic rings. The number of anilines is 1. The average molecular weight is 265 g/mol. The summed E-state index contributed by atoms with van der Waals surface area (Å²) in [4.78, 5) is 14.6. The summed E-state index contributed by atoms with van der Waals surface area (Å²) in [5.41, 5.74) is 0.409. The number of carboxylic acid groups (broad SMARTS) is 1. The van der Waals surface area contributed by atoms with Gasteiger partial charge in [-0.15, -0.1) is 0 Å². The first-order valence-electron chi connectivity index (χ1n) is 3.33. The van der Waals surface area contributed by atoms with Crippen molar-refractivity contribution < 1.29 is 9.90 Å². The van der Waals surface area contributed by atoms with Crippen LogP contribution in [0.15, 0.2) is 10.7 Å². The average Bonchev–Trinajstić information content (AvgIpc) is 2.02. The Morgan fingerprint density at radius 1 is 1.77 bits per heavy atom. The predicted molar refractivity (Wildman–Crippen MR) is 53.5 cm³/mol. The lowest BCUT2D eigenvalue weighted by Gasteiger charge is -2.06. The molecule has 0 unspecified atom stereocenters. The predicted octanol–water partition coefficient (Wildman–Crippen LogP) is 2.24. The van der Waals surface area contributed by atoms with Crippen molar-refractivity contribution in [3.8, 4) is 0 Å². The fraction of sp³-hybridized carbons (Fsp3) is 0.143. The largest absolute Gasteiger partial charge is 0.478 e. The van der Waals surface area contributed by atoms with E-state index >= 15 is 0 Å². The summed E-state index contributed by atoms with van der Waals surface area (Å²) in [5, 5.41) is 11.6. The van der Waals surface area contributed by atoms with Crippen molar-refractivity contribution in [3.05, 3.63) is 21.4 Å². The van der Waals surface area contributed by atoms with Gasteiger partial charge in [0, 0.05) is 7.05 Å². The second kappa shape index (κ2) is 3.93. The maximum Gasteiger partial charge on any atom is 0.338 e. The minimum Gasteiger partial charge on any atom is -0.478 e. The number of halogens is 2. The van der Waals surface area contributed by atoms with Gasteiger partial charge in [-0.1, -0.05) is 11.6 Å². The molecule has 6 heteroatoms. The van der Waals surface area contributed by atoms with Gasteiger partial charge < -0.3 is 10.4 Å². The molecule has 0 atom stereocenters. The normalized spacial score (nSPS) is 9.77. The lowest BCUT2D eigenvalue weighted by Crippen LogP contribution is -2.04. The molecule has 1 aromatic heterocycles. The molecule has 1 rings (SSSR count). The van der Waals surface area contributed by atoms with Gasteiger partial charge in [-0.05, 0) is 22.0 Å². The highest BCUT2D eigenvalue weighted by molar-refractivity contribution is 9.10. The molecule has 0 spiro atoms. The number of hydrogen-bond acceptors (Lipinski definition) is 3. The zero-order valence-corrected chi connectivity index (χ0v) is 8.98. The van der Waals surface area contributed by atoms with Crippen LogP contribution in [0.25, 0.3) is 0 Å². The Morgan fingerprint density at radius 2 is 2.38 bits per heavy atom. The van der Waals surface area contributed by atoms with Crippen molar-refractivity contribution in [1.29, 1.82) is 0 Å². The molecule has 0 aliphatic rings. The van der Waals surface area contributed by atoms with Crippen molar-refractivity contribution >= 4 is 39.2 Å². The first-order chi connectivity index (χ1) is 6.06. The number of nitrogens with one attached hydrogen (secondary N) is 1. The van der Waals surface area contributed by atoms with Crippen molar-refractivity contribution in [2.75, 3.05) is 12.4 Å². The van der Waals surface area contributed by atoms with Crippen LogP contribution in [0.1, 0.15) is 10.4 Å². The van der Waals surface area contributed by atoms with Crippen LogP contribution in [0.4, 0.5) is 5.69 Å². The Kier molecular flexibility index (Phi) is 3.11. The van der Waals surface area contributed by atoms with Gasteiger partial charge in [-0.2, -0.15) is 0 Å². The van der Waals surface area contributed by atoms with E-state index in [4.69, 9.17) is 16.7 Å². The minimum atomic E-state index is -1.05. The highest BCUT2D eigenvalue weighted by Crippen LogP contribution is 2.26. The molecule has 0 fully saturated rings. The molecule has 4 nitrogen and oxygen atoms in total. The standard InChI is InChI=1S/C7H6BrClN2O2/c1-10-5-3(7(12)13)2-4(8)11-6(5)9/h2,10H,1H3,(H,12,13).